The number of esters is 1. The van der Waals surface area contributed by atoms with Crippen molar-refractivity contribution in [2.24, 2.45) is 5.92 Å². The normalized spacial score (nSPS) is 10.4. The van der Waals surface area contributed by atoms with Gasteiger partial charge in [0.2, 0.25) is 0 Å². The van der Waals surface area contributed by atoms with Crippen molar-refractivity contribution in [2.75, 3.05) is 0 Å². The summed E-state index contributed by atoms with van der Waals surface area (Å²) in [5.74, 6) is 0.709. The lowest BCUT2D eigenvalue weighted by Gasteiger charge is -2.11. The minimum absolute atomic E-state index is 0.326. The predicted octanol–water partition coefficient (Wildman–Crippen LogP) is 3.81. The molecule has 0 unspecified atom stereocenters. The minimum Gasteiger partial charge on any atom is -0.423 e. The second-order valence-corrected chi connectivity index (χ2v) is 4.79. The molecule has 0 aliphatic heterocycles. The molecule has 0 radical (unpaired) electrons. The summed E-state index contributed by atoms with van der Waals surface area (Å²) in [6, 6.07) is 5.69. The van der Waals surface area contributed by atoms with E-state index < -0.39 is 0 Å². The summed E-state index contributed by atoms with van der Waals surface area (Å²) < 4.78 is 5.35. The van der Waals surface area contributed by atoms with Gasteiger partial charge in [-0.25, -0.2) is 4.79 Å². The van der Waals surface area contributed by atoms with Crippen LogP contribution in [-0.4, -0.2) is 5.97 Å². The van der Waals surface area contributed by atoms with E-state index in [-0.39, 0.29) is 5.97 Å². The molecule has 0 fully saturated rings. The molecule has 1 aromatic carbocycles. The molecule has 0 aliphatic rings. The molecule has 92 valence electrons. The molecule has 0 aliphatic carbocycles. The standard InChI is InChI=1S/C15H20O2/c1-10(2)9-12(4)15(16)17-14-8-6-7-11(3)13(14)5/h6-8,10H,4,9H2,1-3,5H3. The Labute approximate surface area is 103 Å². The fraction of sp³-hybridized carbons (Fsp3) is 0.400. The van der Waals surface area contributed by atoms with Crippen molar-refractivity contribution in [1.82, 2.24) is 0 Å². The molecule has 0 atom stereocenters. The molecule has 17 heavy (non-hydrogen) atoms. The summed E-state index contributed by atoms with van der Waals surface area (Å²) >= 11 is 0. The molecule has 2 heteroatoms. The first kappa shape index (κ1) is 13.5. The zero-order valence-corrected chi connectivity index (χ0v) is 11.0. The van der Waals surface area contributed by atoms with E-state index in [0.717, 1.165) is 11.1 Å². The maximum Gasteiger partial charge on any atom is 0.338 e. The number of benzene rings is 1. The van der Waals surface area contributed by atoms with Crippen LogP contribution in [0.2, 0.25) is 0 Å². The van der Waals surface area contributed by atoms with Gasteiger partial charge in [-0.05, 0) is 43.4 Å². The predicted molar refractivity (Wildman–Crippen MR) is 70.1 cm³/mol. The molecule has 0 heterocycles. The summed E-state index contributed by atoms with van der Waals surface area (Å²) in [5, 5.41) is 0. The Morgan fingerprint density at radius 3 is 2.59 bits per heavy atom. The third-order valence-corrected chi connectivity index (χ3v) is 2.70. The first-order chi connectivity index (χ1) is 7.91. The van der Waals surface area contributed by atoms with Crippen LogP contribution < -0.4 is 4.74 Å². The molecule has 0 saturated heterocycles. The SMILES string of the molecule is C=C(CC(C)C)C(=O)Oc1cccc(C)c1C. The lowest BCUT2D eigenvalue weighted by atomic mass is 10.0. The molecule has 0 spiro atoms. The van der Waals surface area contributed by atoms with Gasteiger partial charge in [-0.15, -0.1) is 0 Å². The Hall–Kier alpha value is -1.57. The molecule has 1 aromatic rings. The van der Waals surface area contributed by atoms with Crippen LogP contribution in [0.4, 0.5) is 0 Å². The van der Waals surface area contributed by atoms with Crippen molar-refractivity contribution in [3.8, 4) is 5.75 Å². The van der Waals surface area contributed by atoms with E-state index >= 15 is 0 Å². The van der Waals surface area contributed by atoms with Crippen LogP contribution in [-0.2, 0) is 4.79 Å². The van der Waals surface area contributed by atoms with Crippen LogP contribution in [0.25, 0.3) is 0 Å². The number of hydrogen-bond donors (Lipinski definition) is 0. The molecule has 1 rings (SSSR count). The number of hydrogen-bond acceptors (Lipinski definition) is 2. The lowest BCUT2D eigenvalue weighted by Crippen LogP contribution is -2.12. The summed E-state index contributed by atoms with van der Waals surface area (Å²) in [4.78, 5) is 11.8. The zero-order valence-electron chi connectivity index (χ0n) is 11.0. The van der Waals surface area contributed by atoms with Crippen molar-refractivity contribution in [3.05, 3.63) is 41.5 Å². The van der Waals surface area contributed by atoms with Crippen molar-refractivity contribution in [3.63, 3.8) is 0 Å². The van der Waals surface area contributed by atoms with E-state index in [2.05, 4.69) is 20.4 Å². The first-order valence-corrected chi connectivity index (χ1v) is 5.88. The molecule has 2 nitrogen and oxygen atoms in total. The van der Waals surface area contributed by atoms with Gasteiger partial charge in [-0.2, -0.15) is 0 Å². The Kier molecular flexibility index (Phi) is 4.50. The highest BCUT2D eigenvalue weighted by molar-refractivity contribution is 5.89. The van der Waals surface area contributed by atoms with Crippen molar-refractivity contribution in [2.45, 2.75) is 34.1 Å². The zero-order chi connectivity index (χ0) is 13.0. The number of rotatable bonds is 4. The minimum atomic E-state index is -0.326. The fourth-order valence-corrected chi connectivity index (χ4v) is 1.58. The average molecular weight is 232 g/mol. The highest BCUT2D eigenvalue weighted by Gasteiger charge is 2.13. The third-order valence-electron chi connectivity index (χ3n) is 2.70. The van der Waals surface area contributed by atoms with Gasteiger partial charge in [0.25, 0.3) is 0 Å². The van der Waals surface area contributed by atoms with Crippen molar-refractivity contribution >= 4 is 5.97 Å². The van der Waals surface area contributed by atoms with E-state index in [1.54, 1.807) is 0 Å². The first-order valence-electron chi connectivity index (χ1n) is 5.88. The Morgan fingerprint density at radius 1 is 1.35 bits per heavy atom. The van der Waals surface area contributed by atoms with Crippen LogP contribution in [0.3, 0.4) is 0 Å². The summed E-state index contributed by atoms with van der Waals surface area (Å²) in [6.07, 6.45) is 0.670. The topological polar surface area (TPSA) is 26.3 Å². The van der Waals surface area contributed by atoms with Crippen LogP contribution in [0.15, 0.2) is 30.4 Å². The maximum absolute atomic E-state index is 11.8. The van der Waals surface area contributed by atoms with Gasteiger partial charge >= 0.3 is 5.97 Å². The van der Waals surface area contributed by atoms with Crippen molar-refractivity contribution < 1.29 is 9.53 Å². The summed E-state index contributed by atoms with van der Waals surface area (Å²) in [5.41, 5.74) is 2.64. The second kappa shape index (κ2) is 5.67. The van der Waals surface area contributed by atoms with E-state index in [1.807, 2.05) is 32.0 Å². The molecule has 0 bridgehead atoms. The van der Waals surface area contributed by atoms with Crippen LogP contribution in [0.1, 0.15) is 31.4 Å². The summed E-state index contributed by atoms with van der Waals surface area (Å²) in [6.45, 7) is 11.8. The van der Waals surface area contributed by atoms with Gasteiger partial charge in [-0.3, -0.25) is 0 Å². The molecular weight excluding hydrogens is 212 g/mol. The van der Waals surface area contributed by atoms with Gasteiger partial charge in [0.15, 0.2) is 0 Å². The number of ether oxygens (including phenoxy) is 1. The Bertz CT molecular complexity index is 431. The van der Waals surface area contributed by atoms with E-state index in [0.29, 0.717) is 23.7 Å². The van der Waals surface area contributed by atoms with Gasteiger partial charge in [0.05, 0.1) is 0 Å². The van der Waals surface area contributed by atoms with Crippen LogP contribution in [0, 0.1) is 19.8 Å². The smallest absolute Gasteiger partial charge is 0.338 e. The molecule has 0 N–H and O–H groups in total. The quantitative estimate of drug-likeness (QED) is 0.448. The maximum atomic E-state index is 11.8. The fourth-order valence-electron chi connectivity index (χ4n) is 1.58. The number of aryl methyl sites for hydroxylation is 1. The van der Waals surface area contributed by atoms with E-state index in [4.69, 9.17) is 4.74 Å². The molecule has 0 saturated carbocycles. The van der Waals surface area contributed by atoms with Crippen LogP contribution >= 0.6 is 0 Å². The third kappa shape index (κ3) is 3.74. The largest absolute Gasteiger partial charge is 0.423 e. The monoisotopic (exact) mass is 232 g/mol. The van der Waals surface area contributed by atoms with Gasteiger partial charge in [-0.1, -0.05) is 32.6 Å². The second-order valence-electron chi connectivity index (χ2n) is 4.79. The highest BCUT2D eigenvalue weighted by Crippen LogP contribution is 2.22. The number of carbonyl (C=O) groups is 1. The van der Waals surface area contributed by atoms with E-state index in [9.17, 15) is 4.79 Å². The van der Waals surface area contributed by atoms with Crippen molar-refractivity contribution in [1.29, 1.82) is 0 Å². The van der Waals surface area contributed by atoms with Crippen LogP contribution in [0.5, 0.6) is 5.75 Å². The molecular formula is C15H20O2. The average Bonchev–Trinajstić information content (AvgIpc) is 2.23. The van der Waals surface area contributed by atoms with E-state index in [1.165, 1.54) is 0 Å². The highest BCUT2D eigenvalue weighted by atomic mass is 16.5. The lowest BCUT2D eigenvalue weighted by molar-refractivity contribution is -0.130. The Morgan fingerprint density at radius 2 is 2.00 bits per heavy atom. The molecule has 0 amide bonds. The summed E-state index contributed by atoms with van der Waals surface area (Å²) in [7, 11) is 0. The van der Waals surface area contributed by atoms with Gasteiger partial charge < -0.3 is 4.74 Å². The Balaban J connectivity index is 2.75. The van der Waals surface area contributed by atoms with Gasteiger partial charge in [0, 0.05) is 5.57 Å². The number of carbonyl (C=O) groups excluding carboxylic acids is 1. The molecule has 0 aromatic heterocycles. The van der Waals surface area contributed by atoms with Gasteiger partial charge in [0.1, 0.15) is 5.75 Å².